The molecule has 3 aromatic rings. The van der Waals surface area contributed by atoms with Gasteiger partial charge < -0.3 is 21.6 Å². The molecule has 7 N–H and O–H groups in total. The van der Waals surface area contributed by atoms with Crippen molar-refractivity contribution in [3.05, 3.63) is 54.1 Å². The summed E-state index contributed by atoms with van der Waals surface area (Å²) >= 11 is 0. The van der Waals surface area contributed by atoms with Crippen molar-refractivity contribution >= 4 is 34.3 Å². The molecule has 0 spiro atoms. The molecule has 8 heteroatoms. The number of hydrogen-bond acceptors (Lipinski definition) is 7. The Morgan fingerprint density at radius 3 is 2.40 bits per heavy atom. The number of aromatic nitrogens is 2. The number of carbonyl (C=O) groups is 1. The lowest BCUT2D eigenvalue weighted by Gasteiger charge is -2.19. The minimum absolute atomic E-state index is 0.168. The van der Waals surface area contributed by atoms with Crippen molar-refractivity contribution in [3.63, 3.8) is 0 Å². The summed E-state index contributed by atoms with van der Waals surface area (Å²) in [7, 11) is 0. The van der Waals surface area contributed by atoms with Crippen LogP contribution in [0.4, 0.5) is 17.5 Å². The van der Waals surface area contributed by atoms with Crippen LogP contribution in [0.25, 0.3) is 10.9 Å². The zero-order valence-corrected chi connectivity index (χ0v) is 13.8. The zero-order valence-electron chi connectivity index (χ0n) is 13.8. The summed E-state index contributed by atoms with van der Waals surface area (Å²) in [6.45, 7) is 1.68. The first-order valence-corrected chi connectivity index (χ1v) is 7.45. The third-order valence-electron chi connectivity index (χ3n) is 3.25. The van der Waals surface area contributed by atoms with Gasteiger partial charge in [-0.25, -0.2) is 10.8 Å². The van der Waals surface area contributed by atoms with Gasteiger partial charge in [-0.1, -0.05) is 30.3 Å². The van der Waals surface area contributed by atoms with Crippen molar-refractivity contribution < 1.29 is 9.90 Å². The van der Waals surface area contributed by atoms with Gasteiger partial charge in [0.2, 0.25) is 5.95 Å². The van der Waals surface area contributed by atoms with Crippen LogP contribution in [0.1, 0.15) is 12.5 Å². The summed E-state index contributed by atoms with van der Waals surface area (Å²) in [5, 5.41) is 9.81. The molecule has 1 aromatic heterocycles. The normalized spacial score (nSPS) is 10.0. The molecule has 2 aromatic carbocycles. The fraction of sp³-hybridized carbons (Fsp3) is 0.118. The van der Waals surface area contributed by atoms with Crippen LogP contribution in [-0.4, -0.2) is 21.0 Å². The molecule has 0 aliphatic carbocycles. The molecule has 0 fully saturated rings. The monoisotopic (exact) mass is 340 g/mol. The number of nitrogens with zero attached hydrogens (tertiary/aromatic N) is 3. The average molecular weight is 340 g/mol. The molecule has 0 amide bonds. The fourth-order valence-electron chi connectivity index (χ4n) is 2.21. The van der Waals surface area contributed by atoms with E-state index in [1.165, 1.54) is 0 Å². The molecule has 0 saturated carbocycles. The van der Waals surface area contributed by atoms with E-state index in [0.717, 1.165) is 23.6 Å². The van der Waals surface area contributed by atoms with Gasteiger partial charge in [-0.05, 0) is 23.8 Å². The van der Waals surface area contributed by atoms with Gasteiger partial charge in [0.25, 0.3) is 5.97 Å². The van der Waals surface area contributed by atoms with Crippen molar-refractivity contribution in [2.24, 2.45) is 5.84 Å². The van der Waals surface area contributed by atoms with Crippen molar-refractivity contribution in [1.29, 1.82) is 0 Å². The van der Waals surface area contributed by atoms with Crippen molar-refractivity contribution in [2.75, 3.05) is 16.5 Å². The van der Waals surface area contributed by atoms with Gasteiger partial charge in [0.05, 0.1) is 17.7 Å². The van der Waals surface area contributed by atoms with Gasteiger partial charge in [-0.3, -0.25) is 4.79 Å². The van der Waals surface area contributed by atoms with Gasteiger partial charge in [0.15, 0.2) is 0 Å². The number of benzene rings is 2. The number of nitrogens with two attached hydrogens (primary N) is 3. The molecule has 0 atom stereocenters. The number of rotatable bonds is 3. The first kappa shape index (κ1) is 18.0. The van der Waals surface area contributed by atoms with Crippen LogP contribution in [0, 0.1) is 0 Å². The van der Waals surface area contributed by atoms with Crippen LogP contribution < -0.4 is 22.3 Å². The maximum atomic E-state index is 9.00. The molecule has 3 rings (SSSR count). The molecule has 0 unspecified atom stereocenters. The number of carboxylic acids is 1. The minimum atomic E-state index is -0.833. The number of hydrogen-bond donors (Lipinski definition) is 4. The van der Waals surface area contributed by atoms with Crippen LogP contribution in [0.2, 0.25) is 0 Å². The van der Waals surface area contributed by atoms with E-state index in [9.17, 15) is 0 Å². The second-order valence-electron chi connectivity index (χ2n) is 5.30. The molecule has 8 nitrogen and oxygen atoms in total. The minimum Gasteiger partial charge on any atom is -0.481 e. The van der Waals surface area contributed by atoms with E-state index in [1.807, 2.05) is 48.5 Å². The number of nitrogen functional groups attached to an aromatic ring is 2. The first-order valence-electron chi connectivity index (χ1n) is 7.45. The van der Waals surface area contributed by atoms with E-state index < -0.39 is 5.97 Å². The highest BCUT2D eigenvalue weighted by atomic mass is 16.4. The van der Waals surface area contributed by atoms with E-state index in [-0.39, 0.29) is 5.95 Å². The molecular formula is C17H20N6O2. The third-order valence-corrected chi connectivity index (χ3v) is 3.25. The Morgan fingerprint density at radius 1 is 1.12 bits per heavy atom. The predicted octanol–water partition coefficient (Wildman–Crippen LogP) is 1.77. The number of carboxylic acid groups (broad SMARTS) is 1. The molecule has 0 radical (unpaired) electrons. The smallest absolute Gasteiger partial charge is 0.300 e. The second-order valence-corrected chi connectivity index (χ2v) is 5.30. The lowest BCUT2D eigenvalue weighted by molar-refractivity contribution is -0.134. The summed E-state index contributed by atoms with van der Waals surface area (Å²) in [6.07, 6.45) is 0. The summed E-state index contributed by atoms with van der Waals surface area (Å²) in [4.78, 5) is 17.1. The summed E-state index contributed by atoms with van der Waals surface area (Å²) in [5.41, 5.74) is 14.1. The lowest BCUT2D eigenvalue weighted by Crippen LogP contribution is -2.29. The van der Waals surface area contributed by atoms with Crippen LogP contribution >= 0.6 is 0 Å². The molecule has 0 aliphatic rings. The standard InChI is InChI=1S/C15H16N6.C2H4O2/c16-14-12-8-11(6-7-13(12)19-15(17)20-14)21(18)9-10-4-2-1-3-5-10;1-2(3)4/h1-8H,9,18H2,(H4,16,17,19,20);1H3,(H,3,4). The quantitative estimate of drug-likeness (QED) is 0.417. The van der Waals surface area contributed by atoms with Gasteiger partial charge in [-0.2, -0.15) is 4.98 Å². The SMILES string of the molecule is CC(=O)O.Nc1nc(N)c2cc(N(N)Cc3ccccc3)ccc2n1. The summed E-state index contributed by atoms with van der Waals surface area (Å²) in [5.74, 6) is 5.81. The van der Waals surface area contributed by atoms with Gasteiger partial charge in [0, 0.05) is 12.3 Å². The number of hydrazine groups is 1. The number of aliphatic carboxylic acids is 1. The van der Waals surface area contributed by atoms with Crippen LogP contribution in [0.3, 0.4) is 0 Å². The van der Waals surface area contributed by atoms with Crippen molar-refractivity contribution in [3.8, 4) is 0 Å². The van der Waals surface area contributed by atoms with Gasteiger partial charge in [-0.15, -0.1) is 0 Å². The van der Waals surface area contributed by atoms with Gasteiger partial charge in [0.1, 0.15) is 5.82 Å². The molecule has 0 bridgehead atoms. The molecule has 0 saturated heterocycles. The van der Waals surface area contributed by atoms with Crippen LogP contribution in [-0.2, 0) is 11.3 Å². The predicted molar refractivity (Wildman–Crippen MR) is 98.5 cm³/mol. The Morgan fingerprint density at radius 2 is 1.76 bits per heavy atom. The van der Waals surface area contributed by atoms with Crippen molar-refractivity contribution in [1.82, 2.24) is 9.97 Å². The van der Waals surface area contributed by atoms with E-state index >= 15 is 0 Å². The van der Waals surface area contributed by atoms with Crippen LogP contribution in [0.15, 0.2) is 48.5 Å². The Bertz CT molecular complexity index is 866. The topological polar surface area (TPSA) is 144 Å². The summed E-state index contributed by atoms with van der Waals surface area (Å²) in [6, 6.07) is 15.6. The number of fused-ring (bicyclic) bond motifs is 1. The molecule has 25 heavy (non-hydrogen) atoms. The van der Waals surface area contributed by atoms with E-state index in [4.69, 9.17) is 27.2 Å². The Labute approximate surface area is 144 Å². The average Bonchev–Trinajstić information content (AvgIpc) is 2.55. The van der Waals surface area contributed by atoms with Crippen molar-refractivity contribution in [2.45, 2.75) is 13.5 Å². The number of anilines is 3. The van der Waals surface area contributed by atoms with Gasteiger partial charge >= 0.3 is 0 Å². The third kappa shape index (κ3) is 5.05. The maximum absolute atomic E-state index is 9.00. The van der Waals surface area contributed by atoms with Crippen LogP contribution in [0.5, 0.6) is 0 Å². The zero-order chi connectivity index (χ0) is 18.4. The molecule has 1 heterocycles. The van der Waals surface area contributed by atoms with E-state index in [1.54, 1.807) is 5.01 Å². The molecule has 130 valence electrons. The van der Waals surface area contributed by atoms with E-state index in [0.29, 0.717) is 17.9 Å². The second kappa shape index (κ2) is 7.93. The fourth-order valence-corrected chi connectivity index (χ4v) is 2.21. The Balaban J connectivity index is 0.000000511. The lowest BCUT2D eigenvalue weighted by atomic mass is 10.2. The Kier molecular flexibility index (Phi) is 5.70. The highest BCUT2D eigenvalue weighted by Gasteiger charge is 2.08. The summed E-state index contributed by atoms with van der Waals surface area (Å²) < 4.78 is 0. The highest BCUT2D eigenvalue weighted by molar-refractivity contribution is 5.91. The van der Waals surface area contributed by atoms with E-state index in [2.05, 4.69) is 9.97 Å². The largest absolute Gasteiger partial charge is 0.481 e. The molecular weight excluding hydrogens is 320 g/mol. The maximum Gasteiger partial charge on any atom is 0.300 e. The molecule has 0 aliphatic heterocycles. The Hall–Kier alpha value is -3.39. The highest BCUT2D eigenvalue weighted by Crippen LogP contribution is 2.24. The first-order chi connectivity index (χ1) is 11.9.